The summed E-state index contributed by atoms with van der Waals surface area (Å²) in [6.07, 6.45) is 3.81. The summed E-state index contributed by atoms with van der Waals surface area (Å²) in [5.41, 5.74) is 2.83. The van der Waals surface area contributed by atoms with Crippen molar-refractivity contribution in [2.75, 3.05) is 39.8 Å². The Bertz CT molecular complexity index is 643. The molecular formula is C22H32N2OS. The zero-order valence-corrected chi connectivity index (χ0v) is 17.0. The van der Waals surface area contributed by atoms with Gasteiger partial charge >= 0.3 is 0 Å². The first-order chi connectivity index (χ1) is 12.8. The van der Waals surface area contributed by atoms with Crippen LogP contribution < -0.4 is 4.74 Å². The van der Waals surface area contributed by atoms with Gasteiger partial charge in [-0.2, -0.15) is 11.3 Å². The van der Waals surface area contributed by atoms with Crippen LogP contribution in [0.4, 0.5) is 0 Å². The summed E-state index contributed by atoms with van der Waals surface area (Å²) >= 11 is 1.80. The van der Waals surface area contributed by atoms with Gasteiger partial charge in [-0.15, -0.1) is 0 Å². The number of nitrogens with zero attached hydrogens (tertiary/aromatic N) is 2. The number of piperidine rings is 1. The molecule has 2 heterocycles. The third-order valence-corrected chi connectivity index (χ3v) is 6.14. The molecule has 4 heteroatoms. The Balaban J connectivity index is 1.47. The predicted molar refractivity (Wildman–Crippen MR) is 111 cm³/mol. The predicted octanol–water partition coefficient (Wildman–Crippen LogP) is 4.53. The van der Waals surface area contributed by atoms with E-state index in [2.05, 4.69) is 51.7 Å². The molecule has 2 aromatic rings. The highest BCUT2D eigenvalue weighted by atomic mass is 32.1. The monoisotopic (exact) mass is 372 g/mol. The summed E-state index contributed by atoms with van der Waals surface area (Å²) in [4.78, 5) is 5.27. The van der Waals surface area contributed by atoms with Crippen LogP contribution in [0.2, 0.25) is 0 Å². The zero-order valence-electron chi connectivity index (χ0n) is 16.2. The largest absolute Gasteiger partial charge is 0.497 e. The maximum absolute atomic E-state index is 5.34. The van der Waals surface area contributed by atoms with E-state index in [0.717, 1.165) is 37.7 Å². The summed E-state index contributed by atoms with van der Waals surface area (Å²) in [7, 11) is 1.74. The van der Waals surface area contributed by atoms with E-state index in [1.54, 1.807) is 18.4 Å². The van der Waals surface area contributed by atoms with E-state index in [9.17, 15) is 0 Å². The molecule has 0 bridgehead atoms. The molecule has 1 fully saturated rings. The van der Waals surface area contributed by atoms with Crippen molar-refractivity contribution in [2.24, 2.45) is 5.92 Å². The molecule has 142 valence electrons. The van der Waals surface area contributed by atoms with Crippen molar-refractivity contribution in [1.82, 2.24) is 9.80 Å². The number of methoxy groups -OCH3 is 1. The van der Waals surface area contributed by atoms with Gasteiger partial charge in [0.2, 0.25) is 0 Å². The van der Waals surface area contributed by atoms with Gasteiger partial charge in [0, 0.05) is 26.2 Å². The molecule has 1 atom stereocenters. The number of hydrogen-bond acceptors (Lipinski definition) is 4. The van der Waals surface area contributed by atoms with Crippen LogP contribution in [0.5, 0.6) is 5.75 Å². The Labute approximate surface area is 162 Å². The van der Waals surface area contributed by atoms with Crippen molar-refractivity contribution in [2.45, 2.75) is 32.7 Å². The Morgan fingerprint density at radius 3 is 2.96 bits per heavy atom. The highest BCUT2D eigenvalue weighted by Gasteiger charge is 2.21. The van der Waals surface area contributed by atoms with Crippen molar-refractivity contribution in [3.63, 3.8) is 0 Å². The van der Waals surface area contributed by atoms with Gasteiger partial charge in [-0.3, -0.25) is 4.90 Å². The summed E-state index contributed by atoms with van der Waals surface area (Å²) in [5.74, 6) is 1.76. The SMILES string of the molecule is CCN(Cc1ccsc1)CC1CCCN(CCc2cccc(OC)c2)C1. The Hall–Kier alpha value is -1.36. The van der Waals surface area contributed by atoms with E-state index in [0.29, 0.717) is 0 Å². The fourth-order valence-corrected chi connectivity index (χ4v) is 4.59. The van der Waals surface area contributed by atoms with E-state index in [-0.39, 0.29) is 0 Å². The summed E-state index contributed by atoms with van der Waals surface area (Å²) < 4.78 is 5.34. The average molecular weight is 373 g/mol. The minimum absolute atomic E-state index is 0.799. The van der Waals surface area contributed by atoms with Crippen molar-refractivity contribution in [3.05, 3.63) is 52.2 Å². The van der Waals surface area contributed by atoms with Gasteiger partial charge in [-0.05, 0) is 78.4 Å². The Morgan fingerprint density at radius 1 is 1.27 bits per heavy atom. The lowest BCUT2D eigenvalue weighted by Crippen LogP contribution is -2.41. The van der Waals surface area contributed by atoms with Crippen molar-refractivity contribution in [3.8, 4) is 5.75 Å². The van der Waals surface area contributed by atoms with E-state index >= 15 is 0 Å². The van der Waals surface area contributed by atoms with Gasteiger partial charge in [0.1, 0.15) is 5.75 Å². The van der Waals surface area contributed by atoms with E-state index in [1.165, 1.54) is 43.6 Å². The topological polar surface area (TPSA) is 15.7 Å². The highest BCUT2D eigenvalue weighted by Crippen LogP contribution is 2.20. The second-order valence-electron chi connectivity index (χ2n) is 7.37. The third-order valence-electron chi connectivity index (χ3n) is 5.40. The second-order valence-corrected chi connectivity index (χ2v) is 8.15. The fraction of sp³-hybridized carbons (Fsp3) is 0.545. The molecule has 26 heavy (non-hydrogen) atoms. The molecular weight excluding hydrogens is 340 g/mol. The summed E-state index contributed by atoms with van der Waals surface area (Å²) in [6.45, 7) is 9.38. The smallest absolute Gasteiger partial charge is 0.119 e. The molecule has 0 spiro atoms. The van der Waals surface area contributed by atoms with Crippen LogP contribution in [0.3, 0.4) is 0 Å². The first kappa shape index (κ1) is 19.4. The molecule has 0 radical (unpaired) electrons. The van der Waals surface area contributed by atoms with Crippen LogP contribution in [-0.2, 0) is 13.0 Å². The Morgan fingerprint density at radius 2 is 2.19 bits per heavy atom. The van der Waals surface area contributed by atoms with Crippen LogP contribution in [-0.4, -0.2) is 49.6 Å². The van der Waals surface area contributed by atoms with E-state index < -0.39 is 0 Å². The maximum Gasteiger partial charge on any atom is 0.119 e. The van der Waals surface area contributed by atoms with Crippen LogP contribution in [0, 0.1) is 5.92 Å². The molecule has 0 saturated carbocycles. The zero-order chi connectivity index (χ0) is 18.2. The maximum atomic E-state index is 5.34. The molecule has 3 rings (SSSR count). The van der Waals surface area contributed by atoms with Crippen LogP contribution in [0.15, 0.2) is 41.1 Å². The average Bonchev–Trinajstić information content (AvgIpc) is 3.19. The highest BCUT2D eigenvalue weighted by molar-refractivity contribution is 7.07. The van der Waals surface area contributed by atoms with Gasteiger partial charge in [-0.25, -0.2) is 0 Å². The number of thiophene rings is 1. The molecule has 1 unspecified atom stereocenters. The second kappa shape index (κ2) is 10.1. The lowest BCUT2D eigenvalue weighted by Gasteiger charge is -2.35. The number of benzene rings is 1. The number of hydrogen-bond donors (Lipinski definition) is 0. The Kier molecular flexibility index (Phi) is 7.54. The molecule has 1 aromatic heterocycles. The van der Waals surface area contributed by atoms with Gasteiger partial charge < -0.3 is 9.64 Å². The molecule has 1 aliphatic rings. The van der Waals surface area contributed by atoms with Gasteiger partial charge in [-0.1, -0.05) is 19.1 Å². The first-order valence-electron chi connectivity index (χ1n) is 9.85. The normalized spacial score (nSPS) is 18.3. The molecule has 1 saturated heterocycles. The molecule has 0 N–H and O–H groups in total. The summed E-state index contributed by atoms with van der Waals surface area (Å²) in [5, 5.41) is 4.47. The van der Waals surface area contributed by atoms with Crippen LogP contribution in [0.25, 0.3) is 0 Å². The quantitative estimate of drug-likeness (QED) is 0.643. The minimum Gasteiger partial charge on any atom is -0.497 e. The first-order valence-corrected chi connectivity index (χ1v) is 10.8. The number of ether oxygens (including phenoxy) is 1. The van der Waals surface area contributed by atoms with Crippen molar-refractivity contribution >= 4 is 11.3 Å². The number of likely N-dealkylation sites (tertiary alicyclic amines) is 1. The van der Waals surface area contributed by atoms with Crippen molar-refractivity contribution < 1.29 is 4.74 Å². The molecule has 1 aromatic carbocycles. The van der Waals surface area contributed by atoms with E-state index in [4.69, 9.17) is 4.74 Å². The van der Waals surface area contributed by atoms with Crippen molar-refractivity contribution in [1.29, 1.82) is 0 Å². The molecule has 0 amide bonds. The number of rotatable bonds is 9. The standard InChI is InChI=1S/C22H32N2OS/c1-3-23(17-21-10-13-26-18-21)15-20-7-5-11-24(16-20)12-9-19-6-4-8-22(14-19)25-2/h4,6,8,10,13-14,18,20H,3,5,7,9,11-12,15-17H2,1-2H3. The minimum atomic E-state index is 0.799. The third kappa shape index (κ3) is 5.83. The molecule has 3 nitrogen and oxygen atoms in total. The van der Waals surface area contributed by atoms with Gasteiger partial charge in [0.05, 0.1) is 7.11 Å². The van der Waals surface area contributed by atoms with Gasteiger partial charge in [0.25, 0.3) is 0 Å². The van der Waals surface area contributed by atoms with Gasteiger partial charge in [0.15, 0.2) is 0 Å². The van der Waals surface area contributed by atoms with Crippen LogP contribution in [0.1, 0.15) is 30.9 Å². The fourth-order valence-electron chi connectivity index (χ4n) is 3.93. The lowest BCUT2D eigenvalue weighted by molar-refractivity contribution is 0.133. The molecule has 1 aliphatic heterocycles. The molecule has 0 aliphatic carbocycles. The lowest BCUT2D eigenvalue weighted by atomic mass is 9.96. The van der Waals surface area contributed by atoms with Crippen LogP contribution >= 0.6 is 11.3 Å². The summed E-state index contributed by atoms with van der Waals surface area (Å²) in [6, 6.07) is 10.8. The van der Waals surface area contributed by atoms with E-state index in [1.807, 2.05) is 6.07 Å².